The second-order valence-corrected chi connectivity index (χ2v) is 7.11. The number of allylic oxidation sites excluding steroid dienone is 3. The van der Waals surface area contributed by atoms with Gasteiger partial charge in [0.2, 0.25) is 0 Å². The molecule has 1 aromatic carbocycles. The third-order valence-corrected chi connectivity index (χ3v) is 5.41. The molecule has 7 heteroatoms. The highest BCUT2D eigenvalue weighted by Crippen LogP contribution is 2.39. The van der Waals surface area contributed by atoms with Gasteiger partial charge in [0.1, 0.15) is 0 Å². The van der Waals surface area contributed by atoms with Crippen molar-refractivity contribution in [2.45, 2.75) is 19.8 Å². The van der Waals surface area contributed by atoms with Gasteiger partial charge < -0.3 is 10.1 Å². The van der Waals surface area contributed by atoms with Crippen LogP contribution in [0.2, 0.25) is 0 Å². The molecule has 0 saturated heterocycles. The van der Waals surface area contributed by atoms with Crippen molar-refractivity contribution < 1.29 is 14.5 Å². The molecule has 1 atom stereocenters. The minimum atomic E-state index is -0.404. The van der Waals surface area contributed by atoms with E-state index in [0.717, 1.165) is 26.7 Å². The van der Waals surface area contributed by atoms with Gasteiger partial charge in [-0.1, -0.05) is 18.2 Å². The number of carbonyl (C=O) groups excluding carboxylic acids is 1. The van der Waals surface area contributed by atoms with Gasteiger partial charge in [-0.3, -0.25) is 10.1 Å². The van der Waals surface area contributed by atoms with Crippen LogP contribution in [-0.4, -0.2) is 18.0 Å². The smallest absolute Gasteiger partial charge is 0.336 e. The van der Waals surface area contributed by atoms with Crippen molar-refractivity contribution in [3.63, 3.8) is 0 Å². The SMILES string of the molecule is COC(=O)C1=C(C)NC(C)=CC1c1ccc(-c2cccc([N+](=O)[O-])c2)s1. The summed E-state index contributed by atoms with van der Waals surface area (Å²) in [6.07, 6.45) is 1.99. The largest absolute Gasteiger partial charge is 0.466 e. The molecule has 1 aliphatic rings. The van der Waals surface area contributed by atoms with Crippen molar-refractivity contribution in [3.8, 4) is 10.4 Å². The lowest BCUT2D eigenvalue weighted by atomic mass is 9.92. The highest BCUT2D eigenvalue weighted by molar-refractivity contribution is 7.15. The quantitative estimate of drug-likeness (QED) is 0.491. The molecule has 134 valence electrons. The van der Waals surface area contributed by atoms with Crippen LogP contribution in [0.1, 0.15) is 24.6 Å². The van der Waals surface area contributed by atoms with E-state index in [0.29, 0.717) is 5.57 Å². The standard InChI is InChI=1S/C19H18N2O4S/c1-11-9-15(18(12(2)20-11)19(22)25-3)17-8-7-16(26-17)13-5-4-6-14(10-13)21(23)24/h4-10,15,20H,1-3H3. The maximum Gasteiger partial charge on any atom is 0.336 e. The monoisotopic (exact) mass is 370 g/mol. The summed E-state index contributed by atoms with van der Waals surface area (Å²) < 4.78 is 4.94. The van der Waals surface area contributed by atoms with Crippen LogP contribution in [0.3, 0.4) is 0 Å². The number of rotatable bonds is 4. The number of dihydropyridines is 1. The maximum absolute atomic E-state index is 12.2. The van der Waals surface area contributed by atoms with Gasteiger partial charge in [0.05, 0.1) is 17.6 Å². The van der Waals surface area contributed by atoms with Crippen LogP contribution < -0.4 is 5.32 Å². The fourth-order valence-corrected chi connectivity index (χ4v) is 4.12. The number of thiophene rings is 1. The Morgan fingerprint density at radius 1 is 1.27 bits per heavy atom. The molecule has 0 aliphatic carbocycles. The number of carbonyl (C=O) groups is 1. The maximum atomic E-state index is 12.2. The van der Waals surface area contributed by atoms with Gasteiger partial charge in [0.15, 0.2) is 0 Å². The second-order valence-electron chi connectivity index (χ2n) is 5.99. The number of hydrogen-bond acceptors (Lipinski definition) is 6. The minimum absolute atomic E-state index is 0.0565. The molecule has 2 aromatic rings. The van der Waals surface area contributed by atoms with E-state index in [1.165, 1.54) is 24.5 Å². The van der Waals surface area contributed by atoms with E-state index in [9.17, 15) is 14.9 Å². The fourth-order valence-electron chi connectivity index (χ4n) is 3.03. The lowest BCUT2D eigenvalue weighted by Crippen LogP contribution is -2.24. The first-order valence-electron chi connectivity index (χ1n) is 7.99. The number of ether oxygens (including phenoxy) is 1. The first-order valence-corrected chi connectivity index (χ1v) is 8.81. The summed E-state index contributed by atoms with van der Waals surface area (Å²) in [7, 11) is 1.37. The van der Waals surface area contributed by atoms with E-state index in [1.54, 1.807) is 12.1 Å². The zero-order chi connectivity index (χ0) is 18.8. The van der Waals surface area contributed by atoms with Crippen molar-refractivity contribution in [1.29, 1.82) is 0 Å². The Hall–Kier alpha value is -2.93. The number of esters is 1. The van der Waals surface area contributed by atoms with Gasteiger partial charge in [-0.15, -0.1) is 11.3 Å². The minimum Gasteiger partial charge on any atom is -0.466 e. The number of nitro benzene ring substituents is 1. The van der Waals surface area contributed by atoms with Crippen LogP contribution in [0.4, 0.5) is 5.69 Å². The fraction of sp³-hybridized carbons (Fsp3) is 0.211. The molecule has 1 unspecified atom stereocenters. The molecule has 0 fully saturated rings. The van der Waals surface area contributed by atoms with E-state index in [2.05, 4.69) is 5.32 Å². The van der Waals surface area contributed by atoms with E-state index >= 15 is 0 Å². The van der Waals surface area contributed by atoms with Crippen LogP contribution in [0.25, 0.3) is 10.4 Å². The third-order valence-electron chi connectivity index (χ3n) is 4.20. The molecule has 0 amide bonds. The molecule has 1 N–H and O–H groups in total. The summed E-state index contributed by atoms with van der Waals surface area (Å²) in [5.41, 5.74) is 3.15. The number of hydrogen-bond donors (Lipinski definition) is 1. The van der Waals surface area contributed by atoms with Crippen LogP contribution in [-0.2, 0) is 9.53 Å². The lowest BCUT2D eigenvalue weighted by molar-refractivity contribution is -0.384. The predicted octanol–water partition coefficient (Wildman–Crippen LogP) is 4.36. The summed E-state index contributed by atoms with van der Waals surface area (Å²) >= 11 is 1.51. The predicted molar refractivity (Wildman–Crippen MR) is 101 cm³/mol. The van der Waals surface area contributed by atoms with Crippen molar-refractivity contribution in [2.24, 2.45) is 0 Å². The molecular weight excluding hydrogens is 352 g/mol. The Bertz CT molecular complexity index is 943. The molecule has 6 nitrogen and oxygen atoms in total. The van der Waals surface area contributed by atoms with Gasteiger partial charge in [-0.25, -0.2) is 4.79 Å². The zero-order valence-electron chi connectivity index (χ0n) is 14.6. The van der Waals surface area contributed by atoms with Gasteiger partial charge >= 0.3 is 5.97 Å². The van der Waals surface area contributed by atoms with Crippen molar-refractivity contribution in [3.05, 3.63) is 74.4 Å². The molecule has 0 bridgehead atoms. The molecule has 0 radical (unpaired) electrons. The average molecular weight is 370 g/mol. The summed E-state index contributed by atoms with van der Waals surface area (Å²) in [6, 6.07) is 10.4. The molecule has 2 heterocycles. The zero-order valence-corrected chi connectivity index (χ0v) is 15.4. The van der Waals surface area contributed by atoms with Crippen LogP contribution in [0.15, 0.2) is 59.4 Å². The number of non-ortho nitro benzene ring substituents is 1. The summed E-state index contributed by atoms with van der Waals surface area (Å²) in [5.74, 6) is -0.574. The highest BCUT2D eigenvalue weighted by atomic mass is 32.1. The summed E-state index contributed by atoms with van der Waals surface area (Å²) in [4.78, 5) is 24.7. The number of nitrogens with one attached hydrogen (secondary N) is 1. The number of nitrogens with zero attached hydrogens (tertiary/aromatic N) is 1. The number of nitro groups is 1. The lowest BCUT2D eigenvalue weighted by Gasteiger charge is -2.24. The molecule has 1 aliphatic heterocycles. The molecule has 3 rings (SSSR count). The Morgan fingerprint density at radius 3 is 2.73 bits per heavy atom. The van der Waals surface area contributed by atoms with Crippen LogP contribution >= 0.6 is 11.3 Å². The second kappa shape index (κ2) is 7.13. The van der Waals surface area contributed by atoms with E-state index in [-0.39, 0.29) is 17.6 Å². The Balaban J connectivity index is 2.00. The third kappa shape index (κ3) is 3.39. The van der Waals surface area contributed by atoms with Gasteiger partial charge in [-0.05, 0) is 31.5 Å². The summed E-state index contributed by atoms with van der Waals surface area (Å²) in [5, 5.41) is 14.2. The Morgan fingerprint density at radius 2 is 2.04 bits per heavy atom. The topological polar surface area (TPSA) is 81.5 Å². The molecule has 0 saturated carbocycles. The summed E-state index contributed by atoms with van der Waals surface area (Å²) in [6.45, 7) is 3.80. The van der Waals surface area contributed by atoms with Gasteiger partial charge in [-0.2, -0.15) is 0 Å². The van der Waals surface area contributed by atoms with E-state index in [1.807, 2.05) is 38.1 Å². The Kier molecular flexibility index (Phi) is 4.90. The van der Waals surface area contributed by atoms with Crippen LogP contribution in [0.5, 0.6) is 0 Å². The number of benzene rings is 1. The Labute approximate surface area is 155 Å². The van der Waals surface area contributed by atoms with Crippen LogP contribution in [0, 0.1) is 10.1 Å². The highest BCUT2D eigenvalue weighted by Gasteiger charge is 2.28. The van der Waals surface area contributed by atoms with Crippen molar-refractivity contribution >= 4 is 23.0 Å². The van der Waals surface area contributed by atoms with Crippen molar-refractivity contribution in [2.75, 3.05) is 7.11 Å². The molecule has 26 heavy (non-hydrogen) atoms. The van der Waals surface area contributed by atoms with E-state index < -0.39 is 4.92 Å². The molecule has 1 aromatic heterocycles. The molecular formula is C19H18N2O4S. The molecule has 0 spiro atoms. The van der Waals surface area contributed by atoms with E-state index in [4.69, 9.17) is 4.74 Å². The average Bonchev–Trinajstić information content (AvgIpc) is 3.10. The van der Waals surface area contributed by atoms with Gasteiger partial charge in [0, 0.05) is 39.2 Å². The first kappa shape index (κ1) is 17.9. The van der Waals surface area contributed by atoms with Crippen molar-refractivity contribution in [1.82, 2.24) is 5.32 Å². The number of methoxy groups -OCH3 is 1. The van der Waals surface area contributed by atoms with Gasteiger partial charge in [0.25, 0.3) is 5.69 Å². The normalized spacial score (nSPS) is 16.7. The first-order chi connectivity index (χ1) is 12.4.